The van der Waals surface area contributed by atoms with Crippen LogP contribution in [-0.4, -0.2) is 5.91 Å². The van der Waals surface area contributed by atoms with Crippen LogP contribution in [0.4, 0.5) is 0 Å². The fourth-order valence-corrected chi connectivity index (χ4v) is 1.78. The summed E-state index contributed by atoms with van der Waals surface area (Å²) in [5.74, 6) is 4.84. The highest BCUT2D eigenvalue weighted by atomic mass is 79.9. The molecule has 0 aliphatic heterocycles. The third-order valence-electron chi connectivity index (χ3n) is 2.75. The van der Waals surface area contributed by atoms with Crippen molar-refractivity contribution >= 4 is 5.91 Å². The number of hydrazine groups is 1. The van der Waals surface area contributed by atoms with Crippen molar-refractivity contribution < 1.29 is 26.3 Å². The Balaban J connectivity index is 0.00000180. The molecule has 0 saturated carbocycles. The average Bonchev–Trinajstić information content (AvgIpc) is 2.45. The van der Waals surface area contributed by atoms with E-state index in [1.165, 1.54) is 5.56 Å². The molecule has 0 aliphatic rings. The van der Waals surface area contributed by atoms with Gasteiger partial charge in [0.2, 0.25) is 0 Å². The first-order valence-corrected chi connectivity index (χ1v) is 5.83. The Morgan fingerprint density at radius 1 is 1.16 bits per heavy atom. The molecule has 2 rings (SSSR count). The van der Waals surface area contributed by atoms with Gasteiger partial charge in [-0.15, -0.1) is 0 Å². The lowest BCUT2D eigenvalue weighted by molar-refractivity contribution is -0.696. The maximum atomic E-state index is 11.4. The number of nitrogen functional groups attached to an aromatic ring is 1. The van der Waals surface area contributed by atoms with Crippen molar-refractivity contribution in [1.82, 2.24) is 5.43 Å². The third-order valence-corrected chi connectivity index (χ3v) is 2.75. The molecule has 3 N–H and O–H groups in total. The molecule has 1 heterocycles. The van der Waals surface area contributed by atoms with Crippen LogP contribution in [0.5, 0.6) is 0 Å². The standard InChI is InChI=1S/C14H15N3O.BrH/c15-16-14(18)13-7-4-9-17(11-13)10-8-12-5-2-1-3-6-12;/h1-7,9,11H,8,10,15H2;1H. The number of nitrogens with two attached hydrogens (primary N) is 1. The molecule has 0 atom stereocenters. The van der Waals surface area contributed by atoms with E-state index in [2.05, 4.69) is 17.6 Å². The summed E-state index contributed by atoms with van der Waals surface area (Å²) in [4.78, 5) is 11.4. The summed E-state index contributed by atoms with van der Waals surface area (Å²) >= 11 is 0. The van der Waals surface area contributed by atoms with Crippen LogP contribution in [0.15, 0.2) is 54.9 Å². The molecule has 0 bridgehead atoms. The number of aryl methyl sites for hydroxylation is 2. The zero-order chi connectivity index (χ0) is 12.8. The van der Waals surface area contributed by atoms with Gasteiger partial charge in [0.15, 0.2) is 18.9 Å². The van der Waals surface area contributed by atoms with E-state index in [4.69, 9.17) is 5.84 Å². The second-order valence-corrected chi connectivity index (χ2v) is 4.04. The molecule has 4 nitrogen and oxygen atoms in total. The molecule has 0 aliphatic carbocycles. The molecule has 0 saturated heterocycles. The maximum Gasteiger partial charge on any atom is 0.271 e. The van der Waals surface area contributed by atoms with Gasteiger partial charge < -0.3 is 17.0 Å². The molecular formula is C14H16BrN3O. The van der Waals surface area contributed by atoms with Crippen molar-refractivity contribution in [3.05, 3.63) is 66.0 Å². The topological polar surface area (TPSA) is 59.0 Å². The van der Waals surface area contributed by atoms with Crippen LogP contribution in [-0.2, 0) is 13.0 Å². The van der Waals surface area contributed by atoms with Crippen molar-refractivity contribution in [3.63, 3.8) is 0 Å². The van der Waals surface area contributed by atoms with Gasteiger partial charge in [0.05, 0.1) is 0 Å². The predicted octanol–water partition coefficient (Wildman–Crippen LogP) is -2.18. The lowest BCUT2D eigenvalue weighted by Crippen LogP contribution is -3.00. The third kappa shape index (κ3) is 4.46. The minimum atomic E-state index is -0.274. The van der Waals surface area contributed by atoms with E-state index < -0.39 is 0 Å². The summed E-state index contributed by atoms with van der Waals surface area (Å²) in [6, 6.07) is 13.8. The van der Waals surface area contributed by atoms with Crippen LogP contribution in [0.1, 0.15) is 15.9 Å². The molecule has 19 heavy (non-hydrogen) atoms. The van der Waals surface area contributed by atoms with Gasteiger partial charge >= 0.3 is 0 Å². The Morgan fingerprint density at radius 3 is 2.58 bits per heavy atom. The average molecular weight is 322 g/mol. The first kappa shape index (κ1) is 15.3. The Kier molecular flexibility index (Phi) is 6.18. The van der Waals surface area contributed by atoms with E-state index in [1.807, 2.05) is 35.0 Å². The van der Waals surface area contributed by atoms with Crippen LogP contribution >= 0.6 is 0 Å². The lowest BCUT2D eigenvalue weighted by Gasteiger charge is -2.00. The predicted molar refractivity (Wildman–Crippen MR) is 68.4 cm³/mol. The molecule has 0 fully saturated rings. The van der Waals surface area contributed by atoms with Gasteiger partial charge in [-0.05, 0) is 11.6 Å². The molecular weight excluding hydrogens is 306 g/mol. The summed E-state index contributed by atoms with van der Waals surface area (Å²) < 4.78 is 1.98. The SMILES string of the molecule is NNC(=O)c1ccc[n+](CCc2ccccc2)c1.[Br-]. The first-order valence-electron chi connectivity index (χ1n) is 5.83. The molecule has 2 aromatic rings. The van der Waals surface area contributed by atoms with Crippen molar-refractivity contribution in [2.75, 3.05) is 0 Å². The van der Waals surface area contributed by atoms with Gasteiger partial charge in [-0.3, -0.25) is 10.2 Å². The summed E-state index contributed by atoms with van der Waals surface area (Å²) in [6.07, 6.45) is 4.67. The molecule has 0 spiro atoms. The Hall–Kier alpha value is -1.72. The van der Waals surface area contributed by atoms with Crippen LogP contribution in [0.3, 0.4) is 0 Å². The highest BCUT2D eigenvalue weighted by molar-refractivity contribution is 5.93. The molecule has 1 aromatic heterocycles. The molecule has 0 unspecified atom stereocenters. The van der Waals surface area contributed by atoms with E-state index in [-0.39, 0.29) is 22.9 Å². The monoisotopic (exact) mass is 321 g/mol. The van der Waals surface area contributed by atoms with Crippen LogP contribution in [0.2, 0.25) is 0 Å². The summed E-state index contributed by atoms with van der Waals surface area (Å²) in [6.45, 7) is 0.829. The number of rotatable bonds is 4. The van der Waals surface area contributed by atoms with E-state index in [0.717, 1.165) is 13.0 Å². The highest BCUT2D eigenvalue weighted by Crippen LogP contribution is 2.00. The fraction of sp³-hybridized carbons (Fsp3) is 0.143. The van der Waals surface area contributed by atoms with E-state index in [0.29, 0.717) is 5.56 Å². The second kappa shape index (κ2) is 7.66. The lowest BCUT2D eigenvalue weighted by atomic mass is 10.1. The highest BCUT2D eigenvalue weighted by Gasteiger charge is 2.08. The van der Waals surface area contributed by atoms with Crippen LogP contribution < -0.4 is 32.8 Å². The number of pyridine rings is 1. The number of hydrogen-bond acceptors (Lipinski definition) is 2. The molecule has 1 aromatic carbocycles. The quantitative estimate of drug-likeness (QED) is 0.291. The second-order valence-electron chi connectivity index (χ2n) is 4.04. The number of benzene rings is 1. The van der Waals surface area contributed by atoms with Gasteiger partial charge in [-0.25, -0.2) is 10.4 Å². The fourth-order valence-electron chi connectivity index (χ4n) is 1.78. The van der Waals surface area contributed by atoms with Gasteiger partial charge in [0, 0.05) is 12.5 Å². The van der Waals surface area contributed by atoms with Crippen molar-refractivity contribution in [3.8, 4) is 0 Å². The smallest absolute Gasteiger partial charge is 0.271 e. The van der Waals surface area contributed by atoms with Gasteiger partial charge in [0.1, 0.15) is 5.56 Å². The number of halogens is 1. The van der Waals surface area contributed by atoms with Gasteiger partial charge in [0.25, 0.3) is 5.91 Å². The molecule has 100 valence electrons. The number of nitrogens with one attached hydrogen (secondary N) is 1. The maximum absolute atomic E-state index is 11.4. The number of hydrogen-bond donors (Lipinski definition) is 2. The van der Waals surface area contributed by atoms with Crippen molar-refractivity contribution in [1.29, 1.82) is 0 Å². The number of aromatic nitrogens is 1. The van der Waals surface area contributed by atoms with Gasteiger partial charge in [-0.1, -0.05) is 30.3 Å². The number of amides is 1. The molecule has 5 heteroatoms. The number of nitrogens with zero attached hydrogens (tertiary/aromatic N) is 1. The minimum Gasteiger partial charge on any atom is -1.00 e. The Bertz CT molecular complexity index is 531. The number of carbonyl (C=O) groups is 1. The summed E-state index contributed by atoms with van der Waals surface area (Å²) in [5, 5.41) is 0. The van der Waals surface area contributed by atoms with Crippen LogP contribution in [0, 0.1) is 0 Å². The Morgan fingerprint density at radius 2 is 1.89 bits per heavy atom. The first-order chi connectivity index (χ1) is 8.79. The van der Waals surface area contributed by atoms with E-state index in [9.17, 15) is 4.79 Å². The van der Waals surface area contributed by atoms with Crippen LogP contribution in [0.25, 0.3) is 0 Å². The summed E-state index contributed by atoms with van der Waals surface area (Å²) in [5.41, 5.74) is 3.97. The summed E-state index contributed by atoms with van der Waals surface area (Å²) in [7, 11) is 0. The minimum absolute atomic E-state index is 0. The van der Waals surface area contributed by atoms with Gasteiger partial charge in [-0.2, -0.15) is 0 Å². The van der Waals surface area contributed by atoms with E-state index in [1.54, 1.807) is 12.3 Å². The number of carbonyl (C=O) groups excluding carboxylic acids is 1. The van der Waals surface area contributed by atoms with E-state index >= 15 is 0 Å². The zero-order valence-electron chi connectivity index (χ0n) is 10.4. The molecule has 1 amide bonds. The Labute approximate surface area is 123 Å². The van der Waals surface area contributed by atoms with Crippen molar-refractivity contribution in [2.24, 2.45) is 5.84 Å². The zero-order valence-corrected chi connectivity index (χ0v) is 12.0. The normalized spacial score (nSPS) is 9.53. The van der Waals surface area contributed by atoms with Crippen molar-refractivity contribution in [2.45, 2.75) is 13.0 Å². The molecule has 0 radical (unpaired) electrons. The largest absolute Gasteiger partial charge is 1.00 e.